The predicted molar refractivity (Wildman–Crippen MR) is 76.4 cm³/mol. The fraction of sp³-hybridized carbons (Fsp3) is 0.0625. The molecule has 0 aliphatic carbocycles. The molecule has 21 heavy (non-hydrogen) atoms. The number of rotatable bonds is 2. The highest BCUT2D eigenvalue weighted by Gasteiger charge is 2.19. The number of nitrogen functional groups attached to an aromatic ring is 1. The van der Waals surface area contributed by atoms with Gasteiger partial charge in [-0.2, -0.15) is 0 Å². The minimum atomic E-state index is -0.379. The molecule has 1 heterocycles. The quantitative estimate of drug-likeness (QED) is 0.769. The summed E-state index contributed by atoms with van der Waals surface area (Å²) < 4.78 is 31.8. The Morgan fingerprint density at radius 1 is 1.00 bits per heavy atom. The number of hydrogen-bond donors (Lipinski definition) is 1. The average molecular weight is 286 g/mol. The first-order valence-corrected chi connectivity index (χ1v) is 6.34. The van der Waals surface area contributed by atoms with E-state index in [0.717, 1.165) is 5.56 Å². The fourth-order valence-corrected chi connectivity index (χ4v) is 2.22. The number of aromatic nitrogens is 1. The summed E-state index contributed by atoms with van der Waals surface area (Å²) >= 11 is 0. The van der Waals surface area contributed by atoms with Gasteiger partial charge >= 0.3 is 0 Å². The number of halogens is 2. The molecule has 0 saturated heterocycles. The van der Waals surface area contributed by atoms with E-state index in [2.05, 4.69) is 5.16 Å². The molecule has 2 N–H and O–H groups in total. The monoisotopic (exact) mass is 286 g/mol. The van der Waals surface area contributed by atoms with Crippen LogP contribution in [0.2, 0.25) is 0 Å². The van der Waals surface area contributed by atoms with Crippen LogP contribution in [0.25, 0.3) is 22.5 Å². The summed E-state index contributed by atoms with van der Waals surface area (Å²) in [7, 11) is 0. The van der Waals surface area contributed by atoms with E-state index in [0.29, 0.717) is 22.5 Å². The molecule has 0 bridgehead atoms. The van der Waals surface area contributed by atoms with Gasteiger partial charge in [-0.25, -0.2) is 8.78 Å². The molecule has 106 valence electrons. The van der Waals surface area contributed by atoms with E-state index in [1.807, 2.05) is 6.92 Å². The number of anilines is 1. The van der Waals surface area contributed by atoms with Crippen molar-refractivity contribution >= 4 is 5.82 Å². The predicted octanol–water partition coefficient (Wildman–Crippen LogP) is 4.18. The Kier molecular flexibility index (Phi) is 3.17. The van der Waals surface area contributed by atoms with Gasteiger partial charge in [-0.05, 0) is 42.3 Å². The smallest absolute Gasteiger partial charge is 0.177 e. The number of nitrogens with two attached hydrogens (primary N) is 1. The Balaban J connectivity index is 2.21. The number of benzene rings is 2. The minimum absolute atomic E-state index is 0.181. The highest BCUT2D eigenvalue weighted by Crippen LogP contribution is 2.38. The molecule has 0 saturated carbocycles. The van der Waals surface area contributed by atoms with Crippen LogP contribution in [0.15, 0.2) is 47.0 Å². The van der Waals surface area contributed by atoms with Crippen molar-refractivity contribution in [2.24, 2.45) is 0 Å². The lowest BCUT2D eigenvalue weighted by molar-refractivity contribution is 0.435. The van der Waals surface area contributed by atoms with E-state index < -0.39 is 0 Å². The van der Waals surface area contributed by atoms with Crippen LogP contribution < -0.4 is 5.73 Å². The Labute approximate surface area is 120 Å². The molecule has 0 fully saturated rings. The molecule has 5 heteroatoms. The fourth-order valence-electron chi connectivity index (χ4n) is 2.22. The van der Waals surface area contributed by atoms with Crippen molar-refractivity contribution in [1.29, 1.82) is 0 Å². The second-order valence-corrected chi connectivity index (χ2v) is 4.74. The van der Waals surface area contributed by atoms with E-state index in [9.17, 15) is 8.78 Å². The first-order chi connectivity index (χ1) is 10.1. The Morgan fingerprint density at radius 3 is 2.38 bits per heavy atom. The van der Waals surface area contributed by atoms with Crippen LogP contribution in [-0.2, 0) is 0 Å². The van der Waals surface area contributed by atoms with Gasteiger partial charge < -0.3 is 10.3 Å². The molecule has 0 amide bonds. The molecule has 0 radical (unpaired) electrons. The minimum Gasteiger partial charge on any atom is -0.380 e. The molecule has 0 unspecified atom stereocenters. The van der Waals surface area contributed by atoms with Crippen LogP contribution in [0.3, 0.4) is 0 Å². The van der Waals surface area contributed by atoms with Gasteiger partial charge in [0.05, 0.1) is 5.56 Å². The highest BCUT2D eigenvalue weighted by atomic mass is 19.1. The lowest BCUT2D eigenvalue weighted by Gasteiger charge is -2.06. The van der Waals surface area contributed by atoms with Crippen molar-refractivity contribution < 1.29 is 13.3 Å². The Hall–Kier alpha value is -2.69. The maximum absolute atomic E-state index is 13.5. The zero-order valence-corrected chi connectivity index (χ0v) is 11.2. The summed E-state index contributed by atoms with van der Waals surface area (Å²) in [4.78, 5) is 0. The van der Waals surface area contributed by atoms with Crippen molar-refractivity contribution in [2.75, 3.05) is 5.73 Å². The molecular weight excluding hydrogens is 274 g/mol. The van der Waals surface area contributed by atoms with Gasteiger partial charge in [0.15, 0.2) is 11.6 Å². The zero-order valence-electron chi connectivity index (χ0n) is 11.2. The van der Waals surface area contributed by atoms with Crippen LogP contribution in [-0.4, -0.2) is 5.16 Å². The van der Waals surface area contributed by atoms with E-state index in [1.165, 1.54) is 24.3 Å². The highest BCUT2D eigenvalue weighted by molar-refractivity contribution is 5.87. The second-order valence-electron chi connectivity index (χ2n) is 4.74. The molecular formula is C16H12F2N2O. The van der Waals surface area contributed by atoms with Crippen LogP contribution in [0.5, 0.6) is 0 Å². The zero-order chi connectivity index (χ0) is 15.0. The normalized spacial score (nSPS) is 10.8. The lowest BCUT2D eigenvalue weighted by Crippen LogP contribution is -1.90. The van der Waals surface area contributed by atoms with Crippen molar-refractivity contribution in [3.05, 3.63) is 59.7 Å². The maximum Gasteiger partial charge on any atom is 0.177 e. The molecule has 2 aromatic carbocycles. The average Bonchev–Trinajstić information content (AvgIpc) is 2.84. The largest absolute Gasteiger partial charge is 0.380 e. The molecule has 0 spiro atoms. The van der Waals surface area contributed by atoms with Crippen molar-refractivity contribution in [1.82, 2.24) is 5.16 Å². The molecule has 3 rings (SSSR count). The molecule has 1 aromatic heterocycles. The molecule has 3 nitrogen and oxygen atoms in total. The third kappa shape index (κ3) is 2.38. The van der Waals surface area contributed by atoms with Crippen LogP contribution in [0, 0.1) is 18.6 Å². The first kappa shape index (κ1) is 13.3. The first-order valence-electron chi connectivity index (χ1n) is 6.34. The third-order valence-electron chi connectivity index (χ3n) is 3.30. The number of nitrogens with zero attached hydrogens (tertiary/aromatic N) is 1. The number of aryl methyl sites for hydroxylation is 1. The Morgan fingerprint density at radius 2 is 1.67 bits per heavy atom. The molecule has 3 aromatic rings. The SMILES string of the molecule is Cc1ccc(F)cc1-c1onc(N)c1-c1ccc(F)cc1. The Bertz CT molecular complexity index is 795. The van der Waals surface area contributed by atoms with Crippen molar-refractivity contribution in [3.63, 3.8) is 0 Å². The molecule has 0 aliphatic rings. The summed E-state index contributed by atoms with van der Waals surface area (Å²) in [6.07, 6.45) is 0. The van der Waals surface area contributed by atoms with Gasteiger partial charge in [-0.3, -0.25) is 0 Å². The van der Waals surface area contributed by atoms with Gasteiger partial charge in [0.1, 0.15) is 11.6 Å². The van der Waals surface area contributed by atoms with Gasteiger partial charge in [0.2, 0.25) is 0 Å². The lowest BCUT2D eigenvalue weighted by atomic mass is 9.98. The third-order valence-corrected chi connectivity index (χ3v) is 3.30. The van der Waals surface area contributed by atoms with E-state index in [1.54, 1.807) is 18.2 Å². The van der Waals surface area contributed by atoms with Gasteiger partial charge in [0.25, 0.3) is 0 Å². The summed E-state index contributed by atoms with van der Waals surface area (Å²) in [6, 6.07) is 10.2. The summed E-state index contributed by atoms with van der Waals surface area (Å²) in [5.41, 5.74) is 8.43. The maximum atomic E-state index is 13.5. The topological polar surface area (TPSA) is 52.0 Å². The summed E-state index contributed by atoms with van der Waals surface area (Å²) in [5, 5.41) is 3.75. The van der Waals surface area contributed by atoms with Gasteiger partial charge in [-0.1, -0.05) is 23.4 Å². The summed E-state index contributed by atoms with van der Waals surface area (Å²) in [6.45, 7) is 1.84. The van der Waals surface area contributed by atoms with Gasteiger partial charge in [0, 0.05) is 5.56 Å². The van der Waals surface area contributed by atoms with Crippen molar-refractivity contribution in [2.45, 2.75) is 6.92 Å². The molecule has 0 atom stereocenters. The van der Waals surface area contributed by atoms with E-state index in [4.69, 9.17) is 10.3 Å². The van der Waals surface area contributed by atoms with E-state index >= 15 is 0 Å². The van der Waals surface area contributed by atoms with Crippen LogP contribution in [0.4, 0.5) is 14.6 Å². The summed E-state index contributed by atoms with van der Waals surface area (Å²) in [5.74, 6) is -0.177. The van der Waals surface area contributed by atoms with Crippen LogP contribution >= 0.6 is 0 Å². The van der Waals surface area contributed by atoms with E-state index in [-0.39, 0.29) is 17.5 Å². The molecule has 0 aliphatic heterocycles. The van der Waals surface area contributed by atoms with Gasteiger partial charge in [-0.15, -0.1) is 0 Å². The standard InChI is InChI=1S/C16H12F2N2O/c1-9-2-5-12(18)8-13(9)15-14(16(19)20-21-15)10-3-6-11(17)7-4-10/h2-8H,1H3,(H2,19,20). The van der Waals surface area contributed by atoms with Crippen molar-refractivity contribution in [3.8, 4) is 22.5 Å². The van der Waals surface area contributed by atoms with Crippen LogP contribution in [0.1, 0.15) is 5.56 Å². The second kappa shape index (κ2) is 5.01. The number of hydrogen-bond acceptors (Lipinski definition) is 3.